The van der Waals surface area contributed by atoms with Crippen molar-refractivity contribution in [1.82, 2.24) is 15.5 Å². The summed E-state index contributed by atoms with van der Waals surface area (Å²) in [4.78, 5) is 28.0. The molecular formula is C13H14N4O4. The van der Waals surface area contributed by atoms with E-state index in [9.17, 15) is 9.59 Å². The number of amides is 2. The Balaban J connectivity index is 1.96. The number of carboxylic acids is 1. The number of anilines is 1. The predicted octanol–water partition coefficient (Wildman–Crippen LogP) is 0.913. The molecule has 0 radical (unpaired) electrons. The second-order valence-corrected chi connectivity index (χ2v) is 4.14. The molecule has 0 bridgehead atoms. The molecular weight excluding hydrogens is 276 g/mol. The highest BCUT2D eigenvalue weighted by Crippen LogP contribution is 2.12. The van der Waals surface area contributed by atoms with Crippen molar-refractivity contribution in [3.63, 3.8) is 0 Å². The highest BCUT2D eigenvalue weighted by Gasteiger charge is 2.18. The van der Waals surface area contributed by atoms with Gasteiger partial charge in [-0.25, -0.2) is 4.79 Å². The lowest BCUT2D eigenvalue weighted by molar-refractivity contribution is -0.135. The number of hydrogen-bond acceptors (Lipinski definition) is 5. The van der Waals surface area contributed by atoms with Gasteiger partial charge in [0, 0.05) is 18.7 Å². The van der Waals surface area contributed by atoms with Gasteiger partial charge in [0.1, 0.15) is 6.54 Å². The van der Waals surface area contributed by atoms with E-state index < -0.39 is 18.5 Å². The average Bonchev–Trinajstić information content (AvgIpc) is 2.98. The van der Waals surface area contributed by atoms with E-state index in [0.29, 0.717) is 17.9 Å². The zero-order valence-electron chi connectivity index (χ0n) is 11.1. The van der Waals surface area contributed by atoms with Crippen LogP contribution in [0, 0.1) is 0 Å². The fraction of sp³-hybridized carbons (Fsp3) is 0.231. The van der Waals surface area contributed by atoms with E-state index in [2.05, 4.69) is 20.0 Å². The summed E-state index contributed by atoms with van der Waals surface area (Å²) in [6.45, 7) is -0.140. The van der Waals surface area contributed by atoms with Crippen LogP contribution < -0.4 is 10.2 Å². The van der Waals surface area contributed by atoms with Gasteiger partial charge in [-0.3, -0.25) is 9.69 Å². The minimum atomic E-state index is -1.09. The number of carboxylic acid groups (broad SMARTS) is 1. The molecule has 8 heteroatoms. The Bertz CT molecular complexity index is 585. The lowest BCUT2D eigenvalue weighted by Gasteiger charge is -2.21. The molecule has 110 valence electrons. The molecule has 2 rings (SSSR count). The summed E-state index contributed by atoms with van der Waals surface area (Å²) in [6, 6.07) is 8.10. The summed E-state index contributed by atoms with van der Waals surface area (Å²) in [5.74, 6) is -0.619. The minimum absolute atomic E-state index is 0.279. The molecule has 8 nitrogen and oxygen atoms in total. The molecule has 0 aliphatic heterocycles. The van der Waals surface area contributed by atoms with Crippen LogP contribution in [0.5, 0.6) is 0 Å². The molecule has 21 heavy (non-hydrogen) atoms. The van der Waals surface area contributed by atoms with Gasteiger partial charge in [-0.1, -0.05) is 23.4 Å². The number of benzene rings is 1. The maximum absolute atomic E-state index is 12.1. The van der Waals surface area contributed by atoms with Crippen molar-refractivity contribution in [3.05, 3.63) is 42.5 Å². The highest BCUT2D eigenvalue weighted by atomic mass is 16.5. The first-order valence-electron chi connectivity index (χ1n) is 6.24. The van der Waals surface area contributed by atoms with Gasteiger partial charge in [-0.05, 0) is 12.1 Å². The molecule has 2 aromatic rings. The normalized spacial score (nSPS) is 10.1. The summed E-state index contributed by atoms with van der Waals surface area (Å²) < 4.78 is 4.58. The maximum Gasteiger partial charge on any atom is 0.323 e. The van der Waals surface area contributed by atoms with Crippen LogP contribution >= 0.6 is 0 Å². The molecule has 0 saturated heterocycles. The molecule has 0 spiro atoms. The van der Waals surface area contributed by atoms with Gasteiger partial charge in [0.05, 0.1) is 0 Å². The van der Waals surface area contributed by atoms with Crippen molar-refractivity contribution in [2.24, 2.45) is 0 Å². The maximum atomic E-state index is 12.1. The number of hydrogen-bond donors (Lipinski definition) is 2. The number of rotatable bonds is 6. The van der Waals surface area contributed by atoms with Gasteiger partial charge in [0.2, 0.25) is 6.39 Å². The first-order chi connectivity index (χ1) is 10.2. The van der Waals surface area contributed by atoms with Crippen LogP contribution in [0.4, 0.5) is 10.5 Å². The molecule has 0 saturated carbocycles. The largest absolute Gasteiger partial charge is 0.480 e. The second kappa shape index (κ2) is 7.04. The summed E-state index contributed by atoms with van der Waals surface area (Å²) in [5, 5.41) is 15.2. The number of nitrogens with zero attached hydrogens (tertiary/aromatic N) is 3. The first-order valence-corrected chi connectivity index (χ1v) is 6.24. The third-order valence-corrected chi connectivity index (χ3v) is 2.64. The lowest BCUT2D eigenvalue weighted by Crippen LogP contribution is -2.43. The van der Waals surface area contributed by atoms with Crippen molar-refractivity contribution in [2.45, 2.75) is 6.42 Å². The third-order valence-electron chi connectivity index (χ3n) is 2.64. The lowest BCUT2D eigenvalue weighted by atomic mass is 10.3. The van der Waals surface area contributed by atoms with Gasteiger partial charge in [-0.15, -0.1) is 0 Å². The molecule has 2 amide bonds. The standard InChI is InChI=1S/C13H14N4O4/c18-12(19)8-17(10-4-2-1-3-5-10)13(20)14-7-6-11-15-9-21-16-11/h1-5,9H,6-8H2,(H,14,20)(H,18,19). The summed E-state index contributed by atoms with van der Waals surface area (Å²) in [5.41, 5.74) is 0.511. The molecule has 0 aliphatic carbocycles. The number of carbonyl (C=O) groups is 2. The Hall–Kier alpha value is -2.90. The predicted molar refractivity (Wildman–Crippen MR) is 72.8 cm³/mol. The number of aliphatic carboxylic acids is 1. The number of aromatic nitrogens is 2. The van der Waals surface area contributed by atoms with Crippen LogP contribution in [-0.4, -0.2) is 40.3 Å². The van der Waals surface area contributed by atoms with Crippen molar-refractivity contribution in [3.8, 4) is 0 Å². The molecule has 1 heterocycles. The quantitative estimate of drug-likeness (QED) is 0.818. The second-order valence-electron chi connectivity index (χ2n) is 4.14. The molecule has 0 atom stereocenters. The van der Waals surface area contributed by atoms with E-state index in [0.717, 1.165) is 4.90 Å². The van der Waals surface area contributed by atoms with Crippen molar-refractivity contribution in [2.75, 3.05) is 18.0 Å². The van der Waals surface area contributed by atoms with Crippen molar-refractivity contribution < 1.29 is 19.2 Å². The zero-order valence-corrected chi connectivity index (χ0v) is 11.1. The fourth-order valence-electron chi connectivity index (χ4n) is 1.70. The third kappa shape index (κ3) is 4.30. The van der Waals surface area contributed by atoms with Crippen LogP contribution in [0.3, 0.4) is 0 Å². The smallest absolute Gasteiger partial charge is 0.323 e. The topological polar surface area (TPSA) is 109 Å². The van der Waals surface area contributed by atoms with Gasteiger partial charge in [0.25, 0.3) is 0 Å². The Morgan fingerprint density at radius 1 is 1.29 bits per heavy atom. The molecule has 0 aliphatic rings. The van der Waals surface area contributed by atoms with E-state index in [4.69, 9.17) is 5.11 Å². The van der Waals surface area contributed by atoms with Crippen molar-refractivity contribution >= 4 is 17.7 Å². The summed E-state index contributed by atoms with van der Waals surface area (Å²) in [6.07, 6.45) is 1.61. The molecule has 0 fully saturated rings. The SMILES string of the molecule is O=C(O)CN(C(=O)NCCc1ncon1)c1ccccc1. The van der Waals surface area contributed by atoms with Gasteiger partial charge in [0.15, 0.2) is 5.82 Å². The van der Waals surface area contributed by atoms with Gasteiger partial charge in [-0.2, -0.15) is 4.98 Å². The first kappa shape index (κ1) is 14.5. The Labute approximate surface area is 120 Å². The van der Waals surface area contributed by atoms with Crippen LogP contribution in [0.1, 0.15) is 5.82 Å². The van der Waals surface area contributed by atoms with Crippen LogP contribution in [0.25, 0.3) is 0 Å². The van der Waals surface area contributed by atoms with E-state index in [-0.39, 0.29) is 6.54 Å². The van der Waals surface area contributed by atoms with E-state index in [1.54, 1.807) is 30.3 Å². The molecule has 1 aromatic heterocycles. The monoisotopic (exact) mass is 290 g/mol. The zero-order chi connectivity index (χ0) is 15.1. The van der Waals surface area contributed by atoms with E-state index in [1.807, 2.05) is 0 Å². The number of urea groups is 1. The highest BCUT2D eigenvalue weighted by molar-refractivity contribution is 5.96. The van der Waals surface area contributed by atoms with Gasteiger partial charge >= 0.3 is 12.0 Å². The fourth-order valence-corrected chi connectivity index (χ4v) is 1.70. The average molecular weight is 290 g/mol. The molecule has 0 unspecified atom stereocenters. The summed E-state index contributed by atoms with van der Waals surface area (Å²) in [7, 11) is 0. The summed E-state index contributed by atoms with van der Waals surface area (Å²) >= 11 is 0. The van der Waals surface area contributed by atoms with Crippen molar-refractivity contribution in [1.29, 1.82) is 0 Å². The minimum Gasteiger partial charge on any atom is -0.480 e. The Kier molecular flexibility index (Phi) is 4.86. The number of nitrogens with one attached hydrogen (secondary N) is 1. The molecule has 2 N–H and O–H groups in total. The van der Waals surface area contributed by atoms with Crippen LogP contribution in [0.15, 0.2) is 41.2 Å². The Morgan fingerprint density at radius 3 is 2.67 bits per heavy atom. The molecule has 1 aromatic carbocycles. The number of carbonyl (C=O) groups excluding carboxylic acids is 1. The van der Waals surface area contributed by atoms with Gasteiger partial charge < -0.3 is 14.9 Å². The van der Waals surface area contributed by atoms with E-state index >= 15 is 0 Å². The van der Waals surface area contributed by atoms with Crippen LogP contribution in [-0.2, 0) is 11.2 Å². The Morgan fingerprint density at radius 2 is 2.05 bits per heavy atom. The van der Waals surface area contributed by atoms with E-state index in [1.165, 1.54) is 6.39 Å². The van der Waals surface area contributed by atoms with Crippen LogP contribution in [0.2, 0.25) is 0 Å². The number of para-hydroxylation sites is 1.